The Morgan fingerprint density at radius 3 is 2.45 bits per heavy atom. The SMILES string of the molecule is CC(C)(O)CN1CCN(c2ccc(C#N)c(F)c2)CC1. The van der Waals surface area contributed by atoms with Crippen LogP contribution in [0.15, 0.2) is 18.2 Å². The molecule has 1 saturated heterocycles. The zero-order chi connectivity index (χ0) is 14.8. The first-order valence-corrected chi connectivity index (χ1v) is 6.78. The van der Waals surface area contributed by atoms with Crippen molar-refractivity contribution in [1.29, 1.82) is 5.26 Å². The molecule has 2 rings (SSSR count). The van der Waals surface area contributed by atoms with E-state index in [-0.39, 0.29) is 5.56 Å². The van der Waals surface area contributed by atoms with Crippen LogP contribution in [-0.4, -0.2) is 48.3 Å². The molecule has 1 aliphatic rings. The van der Waals surface area contributed by atoms with Gasteiger partial charge in [-0.15, -0.1) is 0 Å². The van der Waals surface area contributed by atoms with Crippen molar-refractivity contribution in [2.45, 2.75) is 19.4 Å². The van der Waals surface area contributed by atoms with Crippen LogP contribution >= 0.6 is 0 Å². The summed E-state index contributed by atoms with van der Waals surface area (Å²) in [5, 5.41) is 18.5. The molecule has 0 aromatic heterocycles. The fourth-order valence-electron chi connectivity index (χ4n) is 2.50. The zero-order valence-corrected chi connectivity index (χ0v) is 11.9. The minimum absolute atomic E-state index is 0.0782. The second-order valence-corrected chi connectivity index (χ2v) is 5.85. The number of hydrogen-bond donors (Lipinski definition) is 1. The van der Waals surface area contributed by atoms with Gasteiger partial charge in [-0.2, -0.15) is 5.26 Å². The standard InChI is InChI=1S/C15H20FN3O/c1-15(2,20)11-18-5-7-19(8-6-18)13-4-3-12(10-17)14(16)9-13/h3-4,9,20H,5-8,11H2,1-2H3. The maximum absolute atomic E-state index is 13.6. The number of hydrogen-bond acceptors (Lipinski definition) is 4. The average Bonchev–Trinajstić information content (AvgIpc) is 2.37. The molecule has 1 fully saturated rings. The summed E-state index contributed by atoms with van der Waals surface area (Å²) in [7, 11) is 0. The molecule has 1 aromatic rings. The first-order valence-electron chi connectivity index (χ1n) is 6.78. The second-order valence-electron chi connectivity index (χ2n) is 5.85. The van der Waals surface area contributed by atoms with E-state index >= 15 is 0 Å². The van der Waals surface area contributed by atoms with Gasteiger partial charge in [0.1, 0.15) is 11.9 Å². The topological polar surface area (TPSA) is 50.5 Å². The molecular formula is C15H20FN3O. The average molecular weight is 277 g/mol. The van der Waals surface area contributed by atoms with Crippen LogP contribution in [0.5, 0.6) is 0 Å². The lowest BCUT2D eigenvalue weighted by Gasteiger charge is -2.38. The van der Waals surface area contributed by atoms with Crippen LogP contribution < -0.4 is 4.90 Å². The largest absolute Gasteiger partial charge is 0.389 e. The monoisotopic (exact) mass is 277 g/mol. The molecule has 0 saturated carbocycles. The minimum Gasteiger partial charge on any atom is -0.389 e. The fourth-order valence-corrected chi connectivity index (χ4v) is 2.50. The van der Waals surface area contributed by atoms with Gasteiger partial charge in [-0.25, -0.2) is 4.39 Å². The molecule has 0 spiro atoms. The van der Waals surface area contributed by atoms with Crippen LogP contribution in [0.25, 0.3) is 0 Å². The van der Waals surface area contributed by atoms with Crippen molar-refractivity contribution in [2.24, 2.45) is 0 Å². The number of β-amino-alcohol motifs (C(OH)–C–C–N with tert-alkyl or cyclic N) is 1. The molecule has 1 heterocycles. The molecule has 0 unspecified atom stereocenters. The van der Waals surface area contributed by atoms with Gasteiger partial charge in [0.05, 0.1) is 11.2 Å². The van der Waals surface area contributed by atoms with Crippen molar-refractivity contribution in [3.63, 3.8) is 0 Å². The number of nitrogens with zero attached hydrogens (tertiary/aromatic N) is 3. The van der Waals surface area contributed by atoms with Crippen LogP contribution in [-0.2, 0) is 0 Å². The molecule has 5 heteroatoms. The van der Waals surface area contributed by atoms with Crippen LogP contribution in [0.1, 0.15) is 19.4 Å². The molecule has 1 aliphatic heterocycles. The van der Waals surface area contributed by atoms with Crippen molar-refractivity contribution in [2.75, 3.05) is 37.6 Å². The number of piperazine rings is 1. The summed E-state index contributed by atoms with van der Waals surface area (Å²) in [6, 6.07) is 6.56. The van der Waals surface area contributed by atoms with Crippen molar-refractivity contribution < 1.29 is 9.50 Å². The lowest BCUT2D eigenvalue weighted by molar-refractivity contribution is 0.0345. The fraction of sp³-hybridized carbons (Fsp3) is 0.533. The Balaban J connectivity index is 1.97. The van der Waals surface area contributed by atoms with Gasteiger partial charge < -0.3 is 10.0 Å². The summed E-state index contributed by atoms with van der Waals surface area (Å²) < 4.78 is 13.6. The predicted octanol–water partition coefficient (Wildman–Crippen LogP) is 1.59. The maximum Gasteiger partial charge on any atom is 0.143 e. The third-order valence-electron chi connectivity index (χ3n) is 3.42. The highest BCUT2D eigenvalue weighted by molar-refractivity contribution is 5.50. The number of anilines is 1. The summed E-state index contributed by atoms with van der Waals surface area (Å²) in [6.07, 6.45) is 0. The Bertz CT molecular complexity index is 511. The zero-order valence-electron chi connectivity index (χ0n) is 11.9. The second kappa shape index (κ2) is 5.78. The van der Waals surface area contributed by atoms with Gasteiger partial charge in [-0.3, -0.25) is 4.90 Å². The van der Waals surface area contributed by atoms with Gasteiger partial charge in [0.25, 0.3) is 0 Å². The first-order chi connectivity index (χ1) is 9.39. The Hall–Kier alpha value is -1.64. The van der Waals surface area contributed by atoms with Gasteiger partial charge in [0.2, 0.25) is 0 Å². The Labute approximate surface area is 119 Å². The van der Waals surface area contributed by atoms with E-state index in [1.54, 1.807) is 19.9 Å². The first kappa shape index (κ1) is 14.8. The summed E-state index contributed by atoms with van der Waals surface area (Å²) in [5.74, 6) is -0.469. The number of nitriles is 1. The van der Waals surface area contributed by atoms with Gasteiger partial charge >= 0.3 is 0 Å². The van der Waals surface area contributed by atoms with Crippen LogP contribution in [0.3, 0.4) is 0 Å². The molecule has 0 radical (unpaired) electrons. The summed E-state index contributed by atoms with van der Waals surface area (Å²) in [5.41, 5.74) is 0.196. The normalized spacial score (nSPS) is 17.1. The molecule has 0 atom stereocenters. The van der Waals surface area contributed by atoms with E-state index < -0.39 is 11.4 Å². The molecule has 108 valence electrons. The molecule has 0 amide bonds. The van der Waals surface area contributed by atoms with Crippen LogP contribution in [0.2, 0.25) is 0 Å². The highest BCUT2D eigenvalue weighted by Crippen LogP contribution is 2.20. The van der Waals surface area contributed by atoms with E-state index in [4.69, 9.17) is 5.26 Å². The molecule has 0 aliphatic carbocycles. The van der Waals surface area contributed by atoms with Crippen LogP contribution in [0, 0.1) is 17.1 Å². The Morgan fingerprint density at radius 2 is 1.95 bits per heavy atom. The summed E-state index contributed by atoms with van der Waals surface area (Å²) in [6.45, 7) is 7.51. The van der Waals surface area contributed by atoms with E-state index in [1.807, 2.05) is 6.07 Å². The highest BCUT2D eigenvalue weighted by Gasteiger charge is 2.23. The van der Waals surface area contributed by atoms with E-state index in [1.165, 1.54) is 12.1 Å². The van der Waals surface area contributed by atoms with Gasteiger partial charge in [-0.1, -0.05) is 0 Å². The summed E-state index contributed by atoms with van der Waals surface area (Å²) in [4.78, 5) is 4.31. The lowest BCUT2D eigenvalue weighted by Crippen LogP contribution is -2.50. The lowest BCUT2D eigenvalue weighted by atomic mass is 10.1. The maximum atomic E-state index is 13.6. The van der Waals surface area contributed by atoms with Gasteiger partial charge in [0.15, 0.2) is 0 Å². The highest BCUT2D eigenvalue weighted by atomic mass is 19.1. The number of benzene rings is 1. The van der Waals surface area contributed by atoms with Crippen molar-refractivity contribution in [3.8, 4) is 6.07 Å². The smallest absolute Gasteiger partial charge is 0.143 e. The molecule has 20 heavy (non-hydrogen) atoms. The molecule has 0 bridgehead atoms. The van der Waals surface area contributed by atoms with Crippen molar-refractivity contribution in [1.82, 2.24) is 4.90 Å². The molecule has 1 aromatic carbocycles. The minimum atomic E-state index is -0.692. The molecule has 1 N–H and O–H groups in total. The van der Waals surface area contributed by atoms with Crippen molar-refractivity contribution >= 4 is 5.69 Å². The van der Waals surface area contributed by atoms with E-state index in [0.29, 0.717) is 6.54 Å². The molecule has 4 nitrogen and oxygen atoms in total. The van der Waals surface area contributed by atoms with Crippen molar-refractivity contribution in [3.05, 3.63) is 29.6 Å². The van der Waals surface area contributed by atoms with E-state index in [9.17, 15) is 9.50 Å². The number of halogens is 1. The quantitative estimate of drug-likeness (QED) is 0.911. The summed E-state index contributed by atoms with van der Waals surface area (Å²) >= 11 is 0. The predicted molar refractivity (Wildman–Crippen MR) is 76.1 cm³/mol. The Kier molecular flexibility index (Phi) is 4.26. The van der Waals surface area contributed by atoms with Crippen LogP contribution in [0.4, 0.5) is 10.1 Å². The number of rotatable bonds is 3. The van der Waals surface area contributed by atoms with E-state index in [0.717, 1.165) is 31.9 Å². The Morgan fingerprint density at radius 1 is 1.30 bits per heavy atom. The third kappa shape index (κ3) is 3.69. The molecular weight excluding hydrogens is 257 g/mol. The van der Waals surface area contributed by atoms with E-state index in [2.05, 4.69) is 9.80 Å². The van der Waals surface area contributed by atoms with Gasteiger partial charge in [-0.05, 0) is 32.0 Å². The van der Waals surface area contributed by atoms with Gasteiger partial charge in [0, 0.05) is 38.4 Å². The number of aliphatic hydroxyl groups is 1. The third-order valence-corrected chi connectivity index (χ3v) is 3.42.